The van der Waals surface area contributed by atoms with E-state index in [9.17, 15) is 0 Å². The second-order valence-corrected chi connectivity index (χ2v) is 5.17. The third-order valence-electron chi connectivity index (χ3n) is 3.84. The van der Waals surface area contributed by atoms with Crippen LogP contribution in [0.4, 0.5) is 0 Å². The van der Waals surface area contributed by atoms with Crippen molar-refractivity contribution in [2.24, 2.45) is 11.1 Å². The van der Waals surface area contributed by atoms with Crippen LogP contribution in [0.5, 0.6) is 0 Å². The first-order valence-corrected chi connectivity index (χ1v) is 6.66. The van der Waals surface area contributed by atoms with Crippen LogP contribution in [0.25, 0.3) is 0 Å². The van der Waals surface area contributed by atoms with Gasteiger partial charge in [0.25, 0.3) is 0 Å². The molecule has 4 nitrogen and oxygen atoms in total. The predicted molar refractivity (Wildman–Crippen MR) is 70.1 cm³/mol. The molecule has 1 aliphatic rings. The van der Waals surface area contributed by atoms with Crippen molar-refractivity contribution in [2.75, 3.05) is 53.6 Å². The average molecular weight is 244 g/mol. The molecule has 0 aromatic heterocycles. The second kappa shape index (κ2) is 8.03. The maximum Gasteiger partial charge on any atom is 0.0589 e. The molecule has 102 valence electrons. The summed E-state index contributed by atoms with van der Waals surface area (Å²) in [7, 11) is 3.52. The fourth-order valence-corrected chi connectivity index (χ4v) is 2.50. The van der Waals surface area contributed by atoms with Gasteiger partial charge in [-0.15, -0.1) is 0 Å². The Morgan fingerprint density at radius 1 is 1.12 bits per heavy atom. The molecule has 17 heavy (non-hydrogen) atoms. The molecule has 2 N–H and O–H groups in total. The molecule has 0 radical (unpaired) electrons. The number of ether oxygens (including phenoxy) is 2. The number of nitrogens with zero attached hydrogens (tertiary/aromatic N) is 1. The zero-order valence-electron chi connectivity index (χ0n) is 11.4. The fourth-order valence-electron chi connectivity index (χ4n) is 2.50. The van der Waals surface area contributed by atoms with Gasteiger partial charge >= 0.3 is 0 Å². The van der Waals surface area contributed by atoms with Gasteiger partial charge in [0.05, 0.1) is 6.61 Å². The van der Waals surface area contributed by atoms with Gasteiger partial charge in [0, 0.05) is 40.5 Å². The first kappa shape index (κ1) is 14.9. The number of hydrogen-bond donors (Lipinski definition) is 1. The van der Waals surface area contributed by atoms with Gasteiger partial charge in [-0.25, -0.2) is 0 Å². The molecule has 4 heteroatoms. The van der Waals surface area contributed by atoms with E-state index < -0.39 is 0 Å². The van der Waals surface area contributed by atoms with E-state index in [0.717, 1.165) is 45.8 Å². The quantitative estimate of drug-likeness (QED) is 0.585. The van der Waals surface area contributed by atoms with E-state index in [1.54, 1.807) is 14.2 Å². The number of rotatable bonds is 10. The van der Waals surface area contributed by atoms with Crippen molar-refractivity contribution in [3.05, 3.63) is 0 Å². The van der Waals surface area contributed by atoms with Gasteiger partial charge in [0.2, 0.25) is 0 Å². The lowest BCUT2D eigenvalue weighted by atomic mass is 9.68. The maximum atomic E-state index is 5.92. The van der Waals surface area contributed by atoms with E-state index in [1.165, 1.54) is 19.3 Å². The molecule has 0 aromatic rings. The Hall–Kier alpha value is -0.160. The minimum Gasteiger partial charge on any atom is -0.385 e. The van der Waals surface area contributed by atoms with Crippen molar-refractivity contribution in [2.45, 2.75) is 25.7 Å². The summed E-state index contributed by atoms with van der Waals surface area (Å²) < 4.78 is 10.3. The molecule has 1 aliphatic carbocycles. The van der Waals surface area contributed by atoms with Gasteiger partial charge < -0.3 is 20.1 Å². The summed E-state index contributed by atoms with van der Waals surface area (Å²) in [6.45, 7) is 5.66. The predicted octanol–water partition coefficient (Wildman–Crippen LogP) is 1.10. The van der Waals surface area contributed by atoms with Crippen LogP contribution in [0.2, 0.25) is 0 Å². The van der Waals surface area contributed by atoms with Crippen LogP contribution in [0, 0.1) is 5.41 Å². The van der Waals surface area contributed by atoms with Gasteiger partial charge in [-0.2, -0.15) is 0 Å². The highest BCUT2D eigenvalue weighted by Gasteiger charge is 2.36. The van der Waals surface area contributed by atoms with E-state index in [4.69, 9.17) is 15.2 Å². The van der Waals surface area contributed by atoms with Gasteiger partial charge in [0.1, 0.15) is 0 Å². The molecule has 0 aliphatic heterocycles. The van der Waals surface area contributed by atoms with Crippen LogP contribution in [-0.2, 0) is 9.47 Å². The molecule has 0 spiro atoms. The molecular formula is C13H28N2O2. The Morgan fingerprint density at radius 3 is 2.29 bits per heavy atom. The highest BCUT2D eigenvalue weighted by molar-refractivity contribution is 4.91. The van der Waals surface area contributed by atoms with E-state index in [-0.39, 0.29) is 0 Å². The lowest BCUT2D eigenvalue weighted by Crippen LogP contribution is -2.48. The van der Waals surface area contributed by atoms with E-state index in [2.05, 4.69) is 4.90 Å². The Labute approximate surface area is 105 Å². The molecule has 1 fully saturated rings. The standard InChI is InChI=1S/C13H28N2O2/c1-16-9-4-7-15(8-10-17-2)12-13(11-14)5-3-6-13/h3-12,14H2,1-2H3. The third-order valence-corrected chi connectivity index (χ3v) is 3.84. The minimum atomic E-state index is 0.390. The molecule has 0 saturated heterocycles. The van der Waals surface area contributed by atoms with E-state index >= 15 is 0 Å². The first-order valence-electron chi connectivity index (χ1n) is 6.66. The average Bonchev–Trinajstić information content (AvgIpc) is 2.30. The van der Waals surface area contributed by atoms with Crippen LogP contribution in [0.3, 0.4) is 0 Å². The lowest BCUT2D eigenvalue weighted by molar-refractivity contribution is 0.0532. The molecule has 1 saturated carbocycles. The fraction of sp³-hybridized carbons (Fsp3) is 1.00. The van der Waals surface area contributed by atoms with Crippen molar-refractivity contribution in [1.29, 1.82) is 0 Å². The molecule has 1 rings (SSSR count). The van der Waals surface area contributed by atoms with Crippen molar-refractivity contribution in [3.8, 4) is 0 Å². The minimum absolute atomic E-state index is 0.390. The van der Waals surface area contributed by atoms with Crippen molar-refractivity contribution >= 4 is 0 Å². The zero-order chi connectivity index (χ0) is 12.6. The van der Waals surface area contributed by atoms with Crippen molar-refractivity contribution in [3.63, 3.8) is 0 Å². The van der Waals surface area contributed by atoms with Gasteiger partial charge in [-0.3, -0.25) is 0 Å². The number of nitrogens with two attached hydrogens (primary N) is 1. The normalized spacial score (nSPS) is 18.4. The van der Waals surface area contributed by atoms with Crippen LogP contribution in [0.1, 0.15) is 25.7 Å². The largest absolute Gasteiger partial charge is 0.385 e. The summed E-state index contributed by atoms with van der Waals surface area (Å²) in [6.07, 6.45) is 5.00. The summed E-state index contributed by atoms with van der Waals surface area (Å²) in [6, 6.07) is 0. The van der Waals surface area contributed by atoms with Crippen LogP contribution in [-0.4, -0.2) is 58.5 Å². The summed E-state index contributed by atoms with van der Waals surface area (Å²) in [5.74, 6) is 0. The maximum absolute atomic E-state index is 5.92. The van der Waals surface area contributed by atoms with Crippen molar-refractivity contribution in [1.82, 2.24) is 4.90 Å². The monoisotopic (exact) mass is 244 g/mol. The highest BCUT2D eigenvalue weighted by Crippen LogP contribution is 2.40. The summed E-state index contributed by atoms with van der Waals surface area (Å²) in [5.41, 5.74) is 6.31. The Morgan fingerprint density at radius 2 is 1.82 bits per heavy atom. The Kier molecular flexibility index (Phi) is 7.04. The Balaban J connectivity index is 2.33. The Bertz CT molecular complexity index is 190. The summed E-state index contributed by atoms with van der Waals surface area (Å²) >= 11 is 0. The van der Waals surface area contributed by atoms with Crippen molar-refractivity contribution < 1.29 is 9.47 Å². The van der Waals surface area contributed by atoms with E-state index in [0.29, 0.717) is 5.41 Å². The number of methoxy groups -OCH3 is 2. The third kappa shape index (κ3) is 4.92. The first-order chi connectivity index (χ1) is 8.26. The molecule has 0 aromatic carbocycles. The molecule has 0 bridgehead atoms. The summed E-state index contributed by atoms with van der Waals surface area (Å²) in [5, 5.41) is 0. The van der Waals surface area contributed by atoms with Crippen LogP contribution >= 0.6 is 0 Å². The van der Waals surface area contributed by atoms with Gasteiger partial charge in [-0.05, 0) is 31.2 Å². The van der Waals surface area contributed by atoms with Gasteiger partial charge in [0.15, 0.2) is 0 Å². The molecule has 0 unspecified atom stereocenters. The molecule has 0 heterocycles. The van der Waals surface area contributed by atoms with Gasteiger partial charge in [-0.1, -0.05) is 6.42 Å². The summed E-state index contributed by atoms with van der Waals surface area (Å²) in [4.78, 5) is 2.48. The van der Waals surface area contributed by atoms with Crippen LogP contribution < -0.4 is 5.73 Å². The zero-order valence-corrected chi connectivity index (χ0v) is 11.4. The smallest absolute Gasteiger partial charge is 0.0589 e. The molecular weight excluding hydrogens is 216 g/mol. The SMILES string of the molecule is COCCCN(CCOC)CC1(CN)CCC1. The molecule has 0 amide bonds. The molecule has 0 atom stereocenters. The topological polar surface area (TPSA) is 47.7 Å². The number of hydrogen-bond acceptors (Lipinski definition) is 4. The van der Waals surface area contributed by atoms with E-state index in [1.807, 2.05) is 0 Å². The highest BCUT2D eigenvalue weighted by atomic mass is 16.5. The lowest BCUT2D eigenvalue weighted by Gasteiger charge is -2.44. The van der Waals surface area contributed by atoms with Crippen LogP contribution in [0.15, 0.2) is 0 Å². The second-order valence-electron chi connectivity index (χ2n) is 5.17.